The number of para-hydroxylation sites is 1. The van der Waals surface area contributed by atoms with E-state index < -0.39 is 6.10 Å². The Morgan fingerprint density at radius 3 is 2.54 bits per heavy atom. The Hall–Kier alpha value is -2.44. The van der Waals surface area contributed by atoms with E-state index in [1.165, 1.54) is 5.69 Å². The minimum atomic E-state index is -0.524. The van der Waals surface area contributed by atoms with Gasteiger partial charge in [-0.1, -0.05) is 18.2 Å². The first-order chi connectivity index (χ1) is 12.8. The maximum atomic E-state index is 10.3. The van der Waals surface area contributed by atoms with E-state index in [-0.39, 0.29) is 13.4 Å². The van der Waals surface area contributed by atoms with Crippen LogP contribution >= 0.6 is 0 Å². The number of fused-ring (bicyclic) bond motifs is 1. The molecule has 0 radical (unpaired) electrons. The van der Waals surface area contributed by atoms with Crippen molar-refractivity contribution in [1.82, 2.24) is 4.90 Å². The fourth-order valence-electron chi connectivity index (χ4n) is 3.34. The van der Waals surface area contributed by atoms with Gasteiger partial charge in [0.2, 0.25) is 6.79 Å². The zero-order chi connectivity index (χ0) is 17.8. The molecule has 0 aromatic heterocycles. The number of ether oxygens (including phenoxy) is 3. The van der Waals surface area contributed by atoms with Gasteiger partial charge in [-0.05, 0) is 24.3 Å². The lowest BCUT2D eigenvalue weighted by atomic mass is 10.2. The molecule has 1 N–H and O–H groups in total. The maximum absolute atomic E-state index is 10.3. The van der Waals surface area contributed by atoms with E-state index in [0.29, 0.717) is 18.0 Å². The molecule has 1 fully saturated rings. The predicted molar refractivity (Wildman–Crippen MR) is 99.2 cm³/mol. The summed E-state index contributed by atoms with van der Waals surface area (Å²) >= 11 is 0. The Morgan fingerprint density at radius 1 is 0.962 bits per heavy atom. The Bertz CT molecular complexity index is 717. The van der Waals surface area contributed by atoms with Crippen LogP contribution in [0.25, 0.3) is 0 Å². The number of anilines is 1. The second-order valence-corrected chi connectivity index (χ2v) is 6.60. The standard InChI is InChI=1S/C20H24N2O4/c23-17(14-24-18-6-7-19-20(12-18)26-15-25-19)13-21-8-10-22(11-9-21)16-4-2-1-3-5-16/h1-7,12,17,23H,8-11,13-15H2/t17-/m1/s1. The summed E-state index contributed by atoms with van der Waals surface area (Å²) < 4.78 is 16.3. The van der Waals surface area contributed by atoms with Crippen LogP contribution in [0.3, 0.4) is 0 Å². The fraction of sp³-hybridized carbons (Fsp3) is 0.400. The van der Waals surface area contributed by atoms with Gasteiger partial charge in [0.15, 0.2) is 11.5 Å². The summed E-state index contributed by atoms with van der Waals surface area (Å²) in [4.78, 5) is 4.67. The molecule has 4 rings (SSSR count). The summed E-state index contributed by atoms with van der Waals surface area (Å²) in [7, 11) is 0. The van der Waals surface area contributed by atoms with Gasteiger partial charge in [-0.2, -0.15) is 0 Å². The van der Waals surface area contributed by atoms with E-state index in [1.807, 2.05) is 18.2 Å². The zero-order valence-electron chi connectivity index (χ0n) is 14.7. The molecule has 138 valence electrons. The van der Waals surface area contributed by atoms with Gasteiger partial charge in [-0.25, -0.2) is 0 Å². The highest BCUT2D eigenvalue weighted by Gasteiger charge is 2.20. The molecule has 1 atom stereocenters. The molecule has 26 heavy (non-hydrogen) atoms. The van der Waals surface area contributed by atoms with Gasteiger partial charge in [0, 0.05) is 44.5 Å². The first kappa shape index (κ1) is 17.0. The summed E-state index contributed by atoms with van der Waals surface area (Å²) in [5.74, 6) is 2.10. The van der Waals surface area contributed by atoms with E-state index in [0.717, 1.165) is 31.9 Å². The van der Waals surface area contributed by atoms with Crippen molar-refractivity contribution in [2.75, 3.05) is 51.0 Å². The van der Waals surface area contributed by atoms with Gasteiger partial charge < -0.3 is 24.2 Å². The average molecular weight is 356 g/mol. The third kappa shape index (κ3) is 4.03. The van der Waals surface area contributed by atoms with Crippen LogP contribution in [-0.2, 0) is 0 Å². The molecule has 0 bridgehead atoms. The minimum absolute atomic E-state index is 0.246. The molecule has 0 aliphatic carbocycles. The summed E-state index contributed by atoms with van der Waals surface area (Å²) in [5.41, 5.74) is 1.26. The van der Waals surface area contributed by atoms with Crippen molar-refractivity contribution in [2.24, 2.45) is 0 Å². The molecule has 2 aromatic rings. The normalized spacial score (nSPS) is 18.0. The van der Waals surface area contributed by atoms with Crippen LogP contribution in [0, 0.1) is 0 Å². The number of β-amino-alcohol motifs (C(OH)–C–C–N with tert-alkyl or cyclic N) is 1. The van der Waals surface area contributed by atoms with Crippen LogP contribution in [0.15, 0.2) is 48.5 Å². The van der Waals surface area contributed by atoms with Gasteiger partial charge in [0.1, 0.15) is 18.5 Å². The highest BCUT2D eigenvalue weighted by atomic mass is 16.7. The summed E-state index contributed by atoms with van der Waals surface area (Å²) in [5, 5.41) is 10.3. The fourth-order valence-corrected chi connectivity index (χ4v) is 3.34. The van der Waals surface area contributed by atoms with Crippen molar-refractivity contribution in [3.63, 3.8) is 0 Å². The molecular formula is C20H24N2O4. The smallest absolute Gasteiger partial charge is 0.231 e. The predicted octanol–water partition coefficient (Wildman–Crippen LogP) is 1.98. The van der Waals surface area contributed by atoms with Gasteiger partial charge >= 0.3 is 0 Å². The highest BCUT2D eigenvalue weighted by Crippen LogP contribution is 2.35. The van der Waals surface area contributed by atoms with Crippen LogP contribution in [-0.4, -0.2) is 62.2 Å². The summed E-state index contributed by atoms with van der Waals surface area (Å²) in [6.45, 7) is 4.95. The average Bonchev–Trinajstić information content (AvgIpc) is 3.15. The van der Waals surface area contributed by atoms with Crippen molar-refractivity contribution in [3.05, 3.63) is 48.5 Å². The number of piperazine rings is 1. The van der Waals surface area contributed by atoms with E-state index in [2.05, 4.69) is 34.1 Å². The summed E-state index contributed by atoms with van der Waals surface area (Å²) in [6, 6.07) is 15.9. The quantitative estimate of drug-likeness (QED) is 0.854. The van der Waals surface area contributed by atoms with Crippen LogP contribution in [0.2, 0.25) is 0 Å². The Balaban J connectivity index is 1.21. The SMILES string of the molecule is O[C@@H](COc1ccc2c(c1)OCO2)CN1CCN(c2ccccc2)CC1. The molecule has 2 aliphatic rings. The van der Waals surface area contributed by atoms with Crippen LogP contribution in [0.1, 0.15) is 0 Å². The zero-order valence-corrected chi connectivity index (χ0v) is 14.7. The number of aliphatic hydroxyl groups is 1. The molecule has 0 saturated carbocycles. The topological polar surface area (TPSA) is 54.4 Å². The lowest BCUT2D eigenvalue weighted by molar-refractivity contribution is 0.0662. The van der Waals surface area contributed by atoms with Gasteiger partial charge in [-0.15, -0.1) is 0 Å². The second kappa shape index (κ2) is 7.85. The molecule has 0 spiro atoms. The Kier molecular flexibility index (Phi) is 5.13. The number of nitrogens with zero attached hydrogens (tertiary/aromatic N) is 2. The molecule has 2 aromatic carbocycles. The van der Waals surface area contributed by atoms with Crippen molar-refractivity contribution in [2.45, 2.75) is 6.10 Å². The minimum Gasteiger partial charge on any atom is -0.491 e. The number of rotatable bonds is 6. The molecule has 0 amide bonds. The number of hydrogen-bond donors (Lipinski definition) is 1. The number of aliphatic hydroxyl groups excluding tert-OH is 1. The van der Waals surface area contributed by atoms with Gasteiger partial charge in [-0.3, -0.25) is 4.90 Å². The van der Waals surface area contributed by atoms with E-state index in [9.17, 15) is 5.11 Å². The Labute approximate surface area is 153 Å². The van der Waals surface area contributed by atoms with E-state index in [1.54, 1.807) is 6.07 Å². The highest BCUT2D eigenvalue weighted by molar-refractivity contribution is 5.47. The van der Waals surface area contributed by atoms with Crippen molar-refractivity contribution >= 4 is 5.69 Å². The van der Waals surface area contributed by atoms with Crippen molar-refractivity contribution in [1.29, 1.82) is 0 Å². The third-order valence-corrected chi connectivity index (χ3v) is 4.75. The van der Waals surface area contributed by atoms with E-state index in [4.69, 9.17) is 14.2 Å². The molecule has 0 unspecified atom stereocenters. The van der Waals surface area contributed by atoms with Gasteiger partial charge in [0.05, 0.1) is 0 Å². The van der Waals surface area contributed by atoms with Crippen LogP contribution in [0.5, 0.6) is 17.2 Å². The van der Waals surface area contributed by atoms with Crippen molar-refractivity contribution in [3.8, 4) is 17.2 Å². The largest absolute Gasteiger partial charge is 0.491 e. The first-order valence-electron chi connectivity index (χ1n) is 9.01. The van der Waals surface area contributed by atoms with Crippen LogP contribution in [0.4, 0.5) is 5.69 Å². The number of hydrogen-bond acceptors (Lipinski definition) is 6. The molecule has 2 heterocycles. The molecule has 6 nitrogen and oxygen atoms in total. The first-order valence-corrected chi connectivity index (χ1v) is 9.01. The van der Waals surface area contributed by atoms with Crippen LogP contribution < -0.4 is 19.1 Å². The maximum Gasteiger partial charge on any atom is 0.231 e. The third-order valence-electron chi connectivity index (χ3n) is 4.75. The molecule has 6 heteroatoms. The van der Waals surface area contributed by atoms with Crippen molar-refractivity contribution < 1.29 is 19.3 Å². The number of benzene rings is 2. The van der Waals surface area contributed by atoms with Gasteiger partial charge in [0.25, 0.3) is 0 Å². The lowest BCUT2D eigenvalue weighted by Crippen LogP contribution is -2.49. The molecule has 2 aliphatic heterocycles. The van der Waals surface area contributed by atoms with E-state index >= 15 is 0 Å². The Morgan fingerprint density at radius 2 is 1.73 bits per heavy atom. The monoisotopic (exact) mass is 356 g/mol. The molecular weight excluding hydrogens is 332 g/mol. The second-order valence-electron chi connectivity index (χ2n) is 6.60. The molecule has 1 saturated heterocycles. The summed E-state index contributed by atoms with van der Waals surface area (Å²) in [6.07, 6.45) is -0.524. The lowest BCUT2D eigenvalue weighted by Gasteiger charge is -2.36.